The number of aromatic nitrogens is 4. The summed E-state index contributed by atoms with van der Waals surface area (Å²) in [7, 11) is 0. The molecule has 0 aliphatic heterocycles. The number of aliphatic hydroxyl groups excluding tert-OH is 2. The van der Waals surface area contributed by atoms with E-state index in [4.69, 9.17) is 16.3 Å². The van der Waals surface area contributed by atoms with Gasteiger partial charge in [0.25, 0.3) is 0 Å². The van der Waals surface area contributed by atoms with Crippen molar-refractivity contribution < 1.29 is 24.4 Å². The van der Waals surface area contributed by atoms with Gasteiger partial charge in [-0.1, -0.05) is 35.9 Å². The summed E-state index contributed by atoms with van der Waals surface area (Å²) in [5, 5.41) is 32.7. The van der Waals surface area contributed by atoms with Gasteiger partial charge in [0.05, 0.1) is 26.3 Å². The smallest absolute Gasteiger partial charge is 0.355 e. The predicted molar refractivity (Wildman–Crippen MR) is 148 cm³/mol. The molecule has 0 atom stereocenters. The van der Waals surface area contributed by atoms with Crippen molar-refractivity contribution in [1.82, 2.24) is 19.1 Å². The molecule has 212 valence electrons. The summed E-state index contributed by atoms with van der Waals surface area (Å²) in [6.45, 7) is 1.02. The van der Waals surface area contributed by atoms with E-state index in [-0.39, 0.29) is 18.4 Å². The molecule has 2 aromatic heterocycles. The van der Waals surface area contributed by atoms with Crippen LogP contribution in [0.4, 0.5) is 16.0 Å². The summed E-state index contributed by atoms with van der Waals surface area (Å²) in [4.78, 5) is 33.9. The van der Waals surface area contributed by atoms with Gasteiger partial charge in [0, 0.05) is 16.8 Å². The van der Waals surface area contributed by atoms with Gasteiger partial charge in [-0.15, -0.1) is 0 Å². The van der Waals surface area contributed by atoms with Crippen LogP contribution in [0.1, 0.15) is 13.8 Å². The molecule has 0 bridgehead atoms. The fourth-order valence-corrected chi connectivity index (χ4v) is 3.42. The predicted octanol–water partition coefficient (Wildman–Crippen LogP) is 2.84. The Balaban J connectivity index is 1.99. The Morgan fingerprint density at radius 3 is 2.35 bits per heavy atom. The fourth-order valence-electron chi connectivity index (χ4n) is 3.36. The molecule has 2 heterocycles. The fraction of sp³-hybridized carbons (Fsp3) is 0.259. The third-order valence-corrected chi connectivity index (χ3v) is 6.00. The monoisotopic (exact) mass is 573 g/mol. The minimum atomic E-state index is -2.12. The Bertz CT molecular complexity index is 1530. The van der Waals surface area contributed by atoms with E-state index in [2.05, 4.69) is 15.3 Å². The summed E-state index contributed by atoms with van der Waals surface area (Å²) in [6, 6.07) is 10.5. The number of nitrogens with zero attached hydrogens (tertiary/aromatic N) is 4. The molecule has 0 aliphatic carbocycles. The van der Waals surface area contributed by atoms with Crippen LogP contribution >= 0.6 is 11.6 Å². The minimum absolute atomic E-state index is 0.0432. The number of anilines is 2. The molecular formula is C27H29ClFN5O6. The Labute approximate surface area is 233 Å². The highest BCUT2D eigenvalue weighted by Gasteiger charge is 2.28. The number of ether oxygens (including phenoxy) is 1. The molecule has 3 aromatic rings. The van der Waals surface area contributed by atoms with Crippen molar-refractivity contribution in [3.8, 4) is 11.6 Å². The van der Waals surface area contributed by atoms with Crippen LogP contribution in [0.5, 0.6) is 11.6 Å². The molecular weight excluding hydrogens is 545 g/mol. The number of benzene rings is 1. The zero-order valence-corrected chi connectivity index (χ0v) is 22.5. The number of halogens is 2. The number of rotatable bonds is 12. The summed E-state index contributed by atoms with van der Waals surface area (Å²) in [6.07, 6.45) is 6.76. The summed E-state index contributed by atoms with van der Waals surface area (Å²) in [5.74, 6) is -0.364. The molecule has 0 aliphatic rings. The molecule has 0 fully saturated rings. The van der Waals surface area contributed by atoms with Crippen molar-refractivity contribution in [2.45, 2.75) is 32.5 Å². The first-order valence-electron chi connectivity index (χ1n) is 12.1. The van der Waals surface area contributed by atoms with E-state index in [0.29, 0.717) is 26.6 Å². The van der Waals surface area contributed by atoms with E-state index < -0.39 is 42.7 Å². The molecule has 0 saturated heterocycles. The molecule has 0 spiro atoms. The molecule has 40 heavy (non-hydrogen) atoms. The van der Waals surface area contributed by atoms with E-state index >= 15 is 0 Å². The SMILES string of the molecule is C\C=C(Cl)/C=C\C(=C/C)Cn1c(Nc2ccc(Oc3cccc(F)n3)cc2)nc(=O)n(CC(O)(CO)CO)c1=O. The minimum Gasteiger partial charge on any atom is -0.439 e. The lowest BCUT2D eigenvalue weighted by Gasteiger charge is -2.24. The highest BCUT2D eigenvalue weighted by atomic mass is 35.5. The lowest BCUT2D eigenvalue weighted by atomic mass is 10.1. The van der Waals surface area contributed by atoms with Crippen molar-refractivity contribution in [2.24, 2.45) is 0 Å². The third-order valence-electron chi connectivity index (χ3n) is 5.66. The molecule has 13 heteroatoms. The average Bonchev–Trinajstić information content (AvgIpc) is 2.95. The highest BCUT2D eigenvalue weighted by Crippen LogP contribution is 2.23. The average molecular weight is 574 g/mol. The van der Waals surface area contributed by atoms with E-state index in [1.54, 1.807) is 62.4 Å². The Morgan fingerprint density at radius 2 is 1.75 bits per heavy atom. The van der Waals surface area contributed by atoms with Crippen LogP contribution in [0.3, 0.4) is 0 Å². The van der Waals surface area contributed by atoms with Crippen LogP contribution in [0, 0.1) is 5.95 Å². The van der Waals surface area contributed by atoms with Crippen LogP contribution < -0.4 is 21.4 Å². The Morgan fingerprint density at radius 1 is 1.05 bits per heavy atom. The second-order valence-electron chi connectivity index (χ2n) is 8.63. The van der Waals surface area contributed by atoms with E-state index in [9.17, 15) is 29.3 Å². The van der Waals surface area contributed by atoms with Crippen molar-refractivity contribution >= 4 is 23.2 Å². The second-order valence-corrected chi connectivity index (χ2v) is 9.07. The van der Waals surface area contributed by atoms with Gasteiger partial charge in [0.1, 0.15) is 11.4 Å². The normalized spacial score (nSPS) is 12.7. The molecule has 0 saturated carbocycles. The molecule has 0 radical (unpaired) electrons. The first kappa shape index (κ1) is 30.4. The van der Waals surface area contributed by atoms with Crippen LogP contribution in [0.15, 0.2) is 87.0 Å². The summed E-state index contributed by atoms with van der Waals surface area (Å²) < 4.78 is 20.7. The first-order chi connectivity index (χ1) is 19.1. The summed E-state index contributed by atoms with van der Waals surface area (Å²) >= 11 is 6.06. The van der Waals surface area contributed by atoms with Crippen molar-refractivity contribution in [3.05, 3.63) is 104 Å². The van der Waals surface area contributed by atoms with Crippen LogP contribution in [0.2, 0.25) is 0 Å². The number of hydrogen-bond acceptors (Lipinski definition) is 9. The molecule has 0 unspecified atom stereocenters. The molecule has 1 aromatic carbocycles. The topological polar surface area (TPSA) is 152 Å². The third kappa shape index (κ3) is 7.96. The van der Waals surface area contributed by atoms with Gasteiger partial charge in [-0.25, -0.2) is 14.2 Å². The summed E-state index contributed by atoms with van der Waals surface area (Å²) in [5.41, 5.74) is -2.88. The Kier molecular flexibility index (Phi) is 10.5. The standard InChI is InChI=1S/C27H29ClFN5O6/c1-3-18(8-9-19(28)4-2)14-33-24(32-25(37)34(26(33)38)15-27(39,16-35)17-36)30-20-10-12-21(13-11-20)40-23-7-5-6-22(29)31-23/h3-13,35-36,39H,14-17H2,1-2H3,(H,30,32,37)/b9-8-,18-3+,19-4+. The molecule has 4 N–H and O–H groups in total. The van der Waals surface area contributed by atoms with Gasteiger partial charge in [-0.3, -0.25) is 4.57 Å². The Hall–Kier alpha value is -4.10. The highest BCUT2D eigenvalue weighted by molar-refractivity contribution is 6.31. The van der Waals surface area contributed by atoms with Crippen molar-refractivity contribution in [2.75, 3.05) is 18.5 Å². The van der Waals surface area contributed by atoms with Crippen molar-refractivity contribution in [3.63, 3.8) is 0 Å². The number of allylic oxidation sites excluding steroid dienone is 6. The van der Waals surface area contributed by atoms with E-state index in [0.717, 1.165) is 0 Å². The van der Waals surface area contributed by atoms with E-state index in [1.807, 2.05) is 0 Å². The maximum Gasteiger partial charge on any atom is 0.355 e. The van der Waals surface area contributed by atoms with Crippen molar-refractivity contribution in [1.29, 1.82) is 0 Å². The first-order valence-corrected chi connectivity index (χ1v) is 12.5. The van der Waals surface area contributed by atoms with Crippen LogP contribution in [0.25, 0.3) is 0 Å². The quantitative estimate of drug-likeness (QED) is 0.189. The number of nitrogens with one attached hydrogen (secondary N) is 1. The van der Waals surface area contributed by atoms with Crippen LogP contribution in [-0.2, 0) is 13.1 Å². The zero-order chi connectivity index (χ0) is 29.3. The molecule has 3 rings (SSSR count). The van der Waals surface area contributed by atoms with Gasteiger partial charge >= 0.3 is 11.4 Å². The van der Waals surface area contributed by atoms with Gasteiger partial charge in [0.2, 0.25) is 17.8 Å². The lowest BCUT2D eigenvalue weighted by Crippen LogP contribution is -2.51. The number of pyridine rings is 1. The number of hydrogen-bond donors (Lipinski definition) is 4. The number of aliphatic hydroxyl groups is 3. The largest absolute Gasteiger partial charge is 0.439 e. The van der Waals surface area contributed by atoms with E-state index in [1.165, 1.54) is 22.8 Å². The zero-order valence-electron chi connectivity index (χ0n) is 21.8. The molecule has 0 amide bonds. The van der Waals surface area contributed by atoms with Gasteiger partial charge in [0.15, 0.2) is 0 Å². The second kappa shape index (κ2) is 13.8. The molecule has 11 nitrogen and oxygen atoms in total. The van der Waals surface area contributed by atoms with Gasteiger partial charge in [-0.2, -0.15) is 14.4 Å². The maximum absolute atomic E-state index is 13.5. The maximum atomic E-state index is 13.5. The van der Waals surface area contributed by atoms with Gasteiger partial charge in [-0.05, 0) is 55.8 Å². The van der Waals surface area contributed by atoms with Crippen LogP contribution in [-0.4, -0.2) is 53.2 Å². The lowest BCUT2D eigenvalue weighted by molar-refractivity contribution is -0.0675. The van der Waals surface area contributed by atoms with Gasteiger partial charge < -0.3 is 25.4 Å².